The number of para-hydroxylation sites is 1. The molecule has 1 heterocycles. The van der Waals surface area contributed by atoms with E-state index in [1.54, 1.807) is 0 Å². The van der Waals surface area contributed by atoms with Crippen molar-refractivity contribution in [3.63, 3.8) is 0 Å². The van der Waals surface area contributed by atoms with Crippen molar-refractivity contribution in [1.82, 2.24) is 15.1 Å². The fourth-order valence-electron chi connectivity index (χ4n) is 2.66. The number of aromatic nitrogens is 2. The van der Waals surface area contributed by atoms with Crippen LogP contribution in [0.5, 0.6) is 0 Å². The Labute approximate surface area is 121 Å². The number of nitrogens with one attached hydrogen (secondary N) is 1. The average Bonchev–Trinajstić information content (AvgIpc) is 3.19. The van der Waals surface area contributed by atoms with Gasteiger partial charge in [-0.1, -0.05) is 38.0 Å². The Morgan fingerprint density at radius 1 is 1.25 bits per heavy atom. The molecule has 0 spiro atoms. The lowest BCUT2D eigenvalue weighted by Crippen LogP contribution is -2.21. The maximum atomic E-state index is 4.75. The summed E-state index contributed by atoms with van der Waals surface area (Å²) in [6.07, 6.45) is 7.45. The van der Waals surface area contributed by atoms with Crippen LogP contribution < -0.4 is 5.32 Å². The van der Waals surface area contributed by atoms with E-state index in [0.29, 0.717) is 6.04 Å². The van der Waals surface area contributed by atoms with E-state index < -0.39 is 0 Å². The number of hydrogen-bond donors (Lipinski definition) is 1. The fraction of sp³-hybridized carbons (Fsp3) is 0.471. The molecule has 20 heavy (non-hydrogen) atoms. The molecule has 2 aromatic rings. The molecular formula is C17H23N3. The van der Waals surface area contributed by atoms with Gasteiger partial charge < -0.3 is 5.32 Å². The first-order chi connectivity index (χ1) is 9.86. The van der Waals surface area contributed by atoms with Crippen molar-refractivity contribution in [2.45, 2.75) is 38.6 Å². The molecule has 1 aromatic carbocycles. The zero-order valence-corrected chi connectivity index (χ0v) is 12.1. The van der Waals surface area contributed by atoms with Crippen molar-refractivity contribution in [3.8, 4) is 5.69 Å². The first-order valence-electron chi connectivity index (χ1n) is 7.71. The molecule has 106 valence electrons. The second-order valence-electron chi connectivity index (χ2n) is 5.65. The largest absolute Gasteiger partial charge is 0.309 e. The van der Waals surface area contributed by atoms with Crippen molar-refractivity contribution < 1.29 is 0 Å². The molecule has 1 fully saturated rings. The third-order valence-corrected chi connectivity index (χ3v) is 4.00. The first kappa shape index (κ1) is 13.4. The summed E-state index contributed by atoms with van der Waals surface area (Å²) in [4.78, 5) is 0. The normalized spacial score (nSPS) is 16.2. The van der Waals surface area contributed by atoms with Gasteiger partial charge in [-0.05, 0) is 43.5 Å². The standard InChI is InChI=1S/C17H23N3/c1-2-18-16(11-10-14-8-9-14)17-12-13-20(19-17)15-6-4-3-5-7-15/h3-7,12-14,16,18H,2,8-11H2,1H3. The second-order valence-corrected chi connectivity index (χ2v) is 5.65. The minimum absolute atomic E-state index is 0.394. The Hall–Kier alpha value is -1.61. The predicted octanol–water partition coefficient (Wildman–Crippen LogP) is 3.71. The lowest BCUT2D eigenvalue weighted by Gasteiger charge is -2.15. The Balaban J connectivity index is 1.72. The van der Waals surface area contributed by atoms with Gasteiger partial charge >= 0.3 is 0 Å². The predicted molar refractivity (Wildman–Crippen MR) is 81.9 cm³/mol. The summed E-state index contributed by atoms with van der Waals surface area (Å²) in [7, 11) is 0. The Kier molecular flexibility index (Phi) is 4.16. The van der Waals surface area contributed by atoms with E-state index in [1.807, 2.05) is 22.9 Å². The van der Waals surface area contributed by atoms with E-state index in [-0.39, 0.29) is 0 Å². The molecule has 3 rings (SSSR count). The highest BCUT2D eigenvalue weighted by atomic mass is 15.3. The molecule has 1 atom stereocenters. The maximum Gasteiger partial charge on any atom is 0.0798 e. The van der Waals surface area contributed by atoms with E-state index in [9.17, 15) is 0 Å². The molecule has 3 heteroatoms. The lowest BCUT2D eigenvalue weighted by molar-refractivity contribution is 0.469. The smallest absolute Gasteiger partial charge is 0.0798 e. The van der Waals surface area contributed by atoms with Gasteiger partial charge in [-0.3, -0.25) is 0 Å². The molecule has 0 saturated heterocycles. The second kappa shape index (κ2) is 6.23. The van der Waals surface area contributed by atoms with E-state index in [1.165, 1.54) is 25.7 Å². The molecule has 1 saturated carbocycles. The molecule has 3 nitrogen and oxygen atoms in total. The van der Waals surface area contributed by atoms with Gasteiger partial charge in [-0.2, -0.15) is 5.10 Å². The topological polar surface area (TPSA) is 29.9 Å². The molecule has 1 unspecified atom stereocenters. The molecule has 1 N–H and O–H groups in total. The van der Waals surface area contributed by atoms with Crippen LogP contribution in [0, 0.1) is 5.92 Å². The quantitative estimate of drug-likeness (QED) is 0.830. The van der Waals surface area contributed by atoms with Crippen LogP contribution in [0.4, 0.5) is 0 Å². The third-order valence-electron chi connectivity index (χ3n) is 4.00. The van der Waals surface area contributed by atoms with Gasteiger partial charge in [-0.25, -0.2) is 4.68 Å². The zero-order valence-electron chi connectivity index (χ0n) is 12.1. The van der Waals surface area contributed by atoms with Crippen LogP contribution in [-0.2, 0) is 0 Å². The van der Waals surface area contributed by atoms with Gasteiger partial charge in [0.05, 0.1) is 17.4 Å². The van der Waals surface area contributed by atoms with Gasteiger partial charge in [0.2, 0.25) is 0 Å². The maximum absolute atomic E-state index is 4.75. The molecule has 1 aliphatic carbocycles. The van der Waals surface area contributed by atoms with Gasteiger partial charge in [0.15, 0.2) is 0 Å². The molecular weight excluding hydrogens is 246 g/mol. The highest BCUT2D eigenvalue weighted by Gasteiger charge is 2.23. The first-order valence-corrected chi connectivity index (χ1v) is 7.71. The molecule has 0 amide bonds. The van der Waals surface area contributed by atoms with Gasteiger partial charge in [-0.15, -0.1) is 0 Å². The van der Waals surface area contributed by atoms with Crippen LogP contribution in [-0.4, -0.2) is 16.3 Å². The highest BCUT2D eigenvalue weighted by molar-refractivity contribution is 5.30. The van der Waals surface area contributed by atoms with E-state index >= 15 is 0 Å². The van der Waals surface area contributed by atoms with Crippen molar-refractivity contribution in [2.24, 2.45) is 5.92 Å². The molecule has 1 aromatic heterocycles. The van der Waals surface area contributed by atoms with Crippen molar-refractivity contribution in [3.05, 3.63) is 48.3 Å². The van der Waals surface area contributed by atoms with Crippen LogP contribution in [0.2, 0.25) is 0 Å². The van der Waals surface area contributed by atoms with Crippen LogP contribution in [0.25, 0.3) is 5.69 Å². The number of nitrogens with zero attached hydrogens (tertiary/aromatic N) is 2. The van der Waals surface area contributed by atoms with E-state index in [4.69, 9.17) is 5.10 Å². The summed E-state index contributed by atoms with van der Waals surface area (Å²) in [6, 6.07) is 12.8. The summed E-state index contributed by atoms with van der Waals surface area (Å²) in [5, 5.41) is 8.32. The number of hydrogen-bond acceptors (Lipinski definition) is 2. The van der Waals surface area contributed by atoms with E-state index in [2.05, 4.69) is 36.6 Å². The third kappa shape index (κ3) is 3.28. The average molecular weight is 269 g/mol. The summed E-state index contributed by atoms with van der Waals surface area (Å²) in [5.74, 6) is 0.979. The zero-order chi connectivity index (χ0) is 13.8. The van der Waals surface area contributed by atoms with Crippen molar-refractivity contribution >= 4 is 0 Å². The fourth-order valence-corrected chi connectivity index (χ4v) is 2.66. The monoisotopic (exact) mass is 269 g/mol. The number of benzene rings is 1. The lowest BCUT2D eigenvalue weighted by atomic mass is 10.1. The van der Waals surface area contributed by atoms with Gasteiger partial charge in [0.1, 0.15) is 0 Å². The van der Waals surface area contributed by atoms with Gasteiger partial charge in [0, 0.05) is 6.20 Å². The summed E-state index contributed by atoms with van der Waals surface area (Å²) in [5.41, 5.74) is 2.28. The summed E-state index contributed by atoms with van der Waals surface area (Å²) < 4.78 is 1.97. The molecule has 0 aliphatic heterocycles. The SMILES string of the molecule is CCNC(CCC1CC1)c1ccn(-c2ccccc2)n1. The van der Waals surface area contributed by atoms with Crippen LogP contribution >= 0.6 is 0 Å². The summed E-state index contributed by atoms with van der Waals surface area (Å²) >= 11 is 0. The minimum atomic E-state index is 0.394. The minimum Gasteiger partial charge on any atom is -0.309 e. The number of rotatable bonds is 7. The Morgan fingerprint density at radius 2 is 2.05 bits per heavy atom. The van der Waals surface area contributed by atoms with Crippen LogP contribution in [0.3, 0.4) is 0 Å². The molecule has 0 radical (unpaired) electrons. The van der Waals surface area contributed by atoms with E-state index in [0.717, 1.165) is 23.8 Å². The van der Waals surface area contributed by atoms with Crippen molar-refractivity contribution in [2.75, 3.05) is 6.54 Å². The molecule has 0 bridgehead atoms. The van der Waals surface area contributed by atoms with Gasteiger partial charge in [0.25, 0.3) is 0 Å². The Bertz CT molecular complexity index is 528. The summed E-state index contributed by atoms with van der Waals surface area (Å²) in [6.45, 7) is 3.16. The van der Waals surface area contributed by atoms with Crippen LogP contribution in [0.15, 0.2) is 42.6 Å². The van der Waals surface area contributed by atoms with Crippen molar-refractivity contribution in [1.29, 1.82) is 0 Å². The molecule has 1 aliphatic rings. The van der Waals surface area contributed by atoms with Crippen LogP contribution in [0.1, 0.15) is 44.3 Å². The Morgan fingerprint density at radius 3 is 2.75 bits per heavy atom. The highest BCUT2D eigenvalue weighted by Crippen LogP contribution is 2.35.